The molecule has 6 heteroatoms. The standard InChI is InChI=1S/C12H13N3O3/c1-15(7-8-3-2-6-18-8)11-9(13)4-5-10(14-11)12(16)17/h2-6H,7,13H2,1H3,(H,16,17). The molecule has 0 aliphatic heterocycles. The van der Waals surface area contributed by atoms with E-state index in [1.807, 2.05) is 6.07 Å². The van der Waals surface area contributed by atoms with Gasteiger partial charge in [0.15, 0.2) is 11.5 Å². The number of anilines is 2. The molecule has 0 radical (unpaired) electrons. The lowest BCUT2D eigenvalue weighted by Gasteiger charge is -2.18. The first-order valence-electron chi connectivity index (χ1n) is 5.31. The number of nitrogens with zero attached hydrogens (tertiary/aromatic N) is 2. The number of nitrogens with two attached hydrogens (primary N) is 1. The van der Waals surface area contributed by atoms with Gasteiger partial charge < -0.3 is 20.2 Å². The fourth-order valence-corrected chi connectivity index (χ4v) is 1.60. The van der Waals surface area contributed by atoms with E-state index in [1.54, 1.807) is 24.3 Å². The molecule has 0 aliphatic rings. The molecular formula is C12H13N3O3. The number of furan rings is 1. The van der Waals surface area contributed by atoms with Crippen LogP contribution in [0.1, 0.15) is 16.2 Å². The number of hydrogen-bond acceptors (Lipinski definition) is 5. The maximum absolute atomic E-state index is 10.9. The number of nitrogen functional groups attached to an aromatic ring is 1. The average molecular weight is 247 g/mol. The second kappa shape index (κ2) is 4.79. The van der Waals surface area contributed by atoms with Crippen molar-refractivity contribution in [3.8, 4) is 0 Å². The van der Waals surface area contributed by atoms with Gasteiger partial charge in [0.05, 0.1) is 18.5 Å². The molecular weight excluding hydrogens is 234 g/mol. The Morgan fingerprint density at radius 3 is 2.89 bits per heavy atom. The van der Waals surface area contributed by atoms with Crippen LogP contribution < -0.4 is 10.6 Å². The first kappa shape index (κ1) is 12.0. The Kier molecular flexibility index (Phi) is 3.18. The fourth-order valence-electron chi connectivity index (χ4n) is 1.60. The second-order valence-corrected chi connectivity index (χ2v) is 3.85. The van der Waals surface area contributed by atoms with Crippen LogP contribution in [-0.2, 0) is 6.54 Å². The molecule has 6 nitrogen and oxygen atoms in total. The largest absolute Gasteiger partial charge is 0.477 e. The van der Waals surface area contributed by atoms with Crippen molar-refractivity contribution in [3.05, 3.63) is 42.0 Å². The van der Waals surface area contributed by atoms with E-state index in [1.165, 1.54) is 12.1 Å². The highest BCUT2D eigenvalue weighted by Crippen LogP contribution is 2.21. The first-order chi connectivity index (χ1) is 8.58. The summed E-state index contributed by atoms with van der Waals surface area (Å²) in [6.07, 6.45) is 1.58. The molecule has 94 valence electrons. The highest BCUT2D eigenvalue weighted by atomic mass is 16.4. The van der Waals surface area contributed by atoms with Gasteiger partial charge in [-0.05, 0) is 24.3 Å². The van der Waals surface area contributed by atoms with Gasteiger partial charge in [0.2, 0.25) is 0 Å². The molecule has 0 amide bonds. The topological polar surface area (TPSA) is 92.6 Å². The summed E-state index contributed by atoms with van der Waals surface area (Å²) in [6, 6.07) is 6.52. The molecule has 0 saturated heterocycles. The van der Waals surface area contributed by atoms with Gasteiger partial charge in [0.1, 0.15) is 5.76 Å². The third-order valence-electron chi connectivity index (χ3n) is 2.46. The minimum Gasteiger partial charge on any atom is -0.477 e. The zero-order valence-corrected chi connectivity index (χ0v) is 9.83. The van der Waals surface area contributed by atoms with Crippen LogP contribution in [0.15, 0.2) is 34.9 Å². The summed E-state index contributed by atoms with van der Waals surface area (Å²) in [5, 5.41) is 8.90. The van der Waals surface area contributed by atoms with Crippen molar-refractivity contribution in [1.29, 1.82) is 0 Å². The third kappa shape index (κ3) is 2.42. The highest BCUT2D eigenvalue weighted by Gasteiger charge is 2.13. The molecule has 3 N–H and O–H groups in total. The minimum atomic E-state index is -1.08. The Balaban J connectivity index is 2.26. The van der Waals surface area contributed by atoms with Gasteiger partial charge in [-0.2, -0.15) is 0 Å². The van der Waals surface area contributed by atoms with Gasteiger partial charge in [-0.25, -0.2) is 9.78 Å². The smallest absolute Gasteiger partial charge is 0.354 e. The Morgan fingerprint density at radius 2 is 2.28 bits per heavy atom. The van der Waals surface area contributed by atoms with E-state index < -0.39 is 5.97 Å². The number of hydrogen-bond donors (Lipinski definition) is 2. The molecule has 0 spiro atoms. The van der Waals surface area contributed by atoms with E-state index in [0.717, 1.165) is 5.76 Å². The number of rotatable bonds is 4. The molecule has 0 aromatic carbocycles. The van der Waals surface area contributed by atoms with Crippen LogP contribution in [0.4, 0.5) is 11.5 Å². The number of carboxylic acids is 1. The zero-order valence-electron chi connectivity index (χ0n) is 9.83. The predicted octanol–water partition coefficient (Wildman–Crippen LogP) is 1.59. The molecule has 18 heavy (non-hydrogen) atoms. The quantitative estimate of drug-likeness (QED) is 0.852. The van der Waals surface area contributed by atoms with Crippen LogP contribution in [0.5, 0.6) is 0 Å². The Labute approximate surface area is 104 Å². The van der Waals surface area contributed by atoms with Gasteiger partial charge in [-0.3, -0.25) is 0 Å². The molecule has 0 fully saturated rings. The maximum Gasteiger partial charge on any atom is 0.354 e. The lowest BCUT2D eigenvalue weighted by molar-refractivity contribution is 0.0690. The molecule has 0 aliphatic carbocycles. The molecule has 0 atom stereocenters. The maximum atomic E-state index is 10.9. The number of carbonyl (C=O) groups is 1. The van der Waals surface area contributed by atoms with Crippen molar-refractivity contribution in [1.82, 2.24) is 4.98 Å². The Hall–Kier alpha value is -2.50. The summed E-state index contributed by atoms with van der Waals surface area (Å²) in [7, 11) is 1.77. The summed E-state index contributed by atoms with van der Waals surface area (Å²) in [5.41, 5.74) is 6.18. The molecule has 2 aromatic heterocycles. The summed E-state index contributed by atoms with van der Waals surface area (Å²) in [5.74, 6) is 0.0911. The van der Waals surface area contributed by atoms with Crippen molar-refractivity contribution in [2.24, 2.45) is 0 Å². The van der Waals surface area contributed by atoms with E-state index in [-0.39, 0.29) is 5.69 Å². The van der Waals surface area contributed by atoms with Crippen molar-refractivity contribution in [2.75, 3.05) is 17.7 Å². The van der Waals surface area contributed by atoms with Crippen LogP contribution in [-0.4, -0.2) is 23.1 Å². The normalized spacial score (nSPS) is 10.3. The van der Waals surface area contributed by atoms with Crippen LogP contribution >= 0.6 is 0 Å². The van der Waals surface area contributed by atoms with E-state index in [2.05, 4.69) is 4.98 Å². The van der Waals surface area contributed by atoms with Gasteiger partial charge in [-0.1, -0.05) is 0 Å². The third-order valence-corrected chi connectivity index (χ3v) is 2.46. The Bertz CT molecular complexity index is 552. The van der Waals surface area contributed by atoms with Gasteiger partial charge in [0, 0.05) is 7.05 Å². The molecule has 2 rings (SSSR count). The molecule has 0 saturated carbocycles. The SMILES string of the molecule is CN(Cc1ccco1)c1nc(C(=O)O)ccc1N. The minimum absolute atomic E-state index is 0.0366. The lowest BCUT2D eigenvalue weighted by atomic mass is 10.3. The van der Waals surface area contributed by atoms with Crippen molar-refractivity contribution >= 4 is 17.5 Å². The monoisotopic (exact) mass is 247 g/mol. The first-order valence-corrected chi connectivity index (χ1v) is 5.31. The number of carboxylic acid groups (broad SMARTS) is 1. The summed E-state index contributed by atoms with van der Waals surface area (Å²) >= 11 is 0. The molecule has 0 unspecified atom stereocenters. The number of pyridine rings is 1. The lowest BCUT2D eigenvalue weighted by Crippen LogP contribution is -2.20. The van der Waals surface area contributed by atoms with Crippen molar-refractivity contribution in [3.63, 3.8) is 0 Å². The van der Waals surface area contributed by atoms with Crippen LogP contribution in [0, 0.1) is 0 Å². The fraction of sp³-hybridized carbons (Fsp3) is 0.167. The van der Waals surface area contributed by atoms with Crippen LogP contribution in [0.25, 0.3) is 0 Å². The van der Waals surface area contributed by atoms with Gasteiger partial charge in [-0.15, -0.1) is 0 Å². The van der Waals surface area contributed by atoms with Crippen molar-refractivity contribution < 1.29 is 14.3 Å². The summed E-state index contributed by atoms with van der Waals surface area (Å²) < 4.78 is 5.22. The zero-order chi connectivity index (χ0) is 13.1. The van der Waals surface area contributed by atoms with Gasteiger partial charge in [0.25, 0.3) is 0 Å². The highest BCUT2D eigenvalue weighted by molar-refractivity contribution is 5.86. The van der Waals surface area contributed by atoms with E-state index in [9.17, 15) is 4.79 Å². The number of aromatic nitrogens is 1. The van der Waals surface area contributed by atoms with E-state index in [0.29, 0.717) is 18.1 Å². The Morgan fingerprint density at radius 1 is 1.50 bits per heavy atom. The second-order valence-electron chi connectivity index (χ2n) is 3.85. The molecule has 0 bridgehead atoms. The van der Waals surface area contributed by atoms with Crippen LogP contribution in [0.2, 0.25) is 0 Å². The summed E-state index contributed by atoms with van der Waals surface area (Å²) in [6.45, 7) is 0.466. The average Bonchev–Trinajstić information content (AvgIpc) is 2.81. The molecule has 2 heterocycles. The van der Waals surface area contributed by atoms with Crippen molar-refractivity contribution in [2.45, 2.75) is 6.54 Å². The summed E-state index contributed by atoms with van der Waals surface area (Å²) in [4.78, 5) is 16.6. The predicted molar refractivity (Wildman–Crippen MR) is 66.4 cm³/mol. The number of aromatic carboxylic acids is 1. The van der Waals surface area contributed by atoms with E-state index >= 15 is 0 Å². The van der Waals surface area contributed by atoms with Gasteiger partial charge >= 0.3 is 5.97 Å². The van der Waals surface area contributed by atoms with E-state index in [4.69, 9.17) is 15.3 Å². The van der Waals surface area contributed by atoms with Crippen LogP contribution in [0.3, 0.4) is 0 Å². The molecule has 2 aromatic rings.